The van der Waals surface area contributed by atoms with Crippen molar-refractivity contribution in [3.63, 3.8) is 0 Å². The van der Waals surface area contributed by atoms with Crippen LogP contribution < -0.4 is 0 Å². The second-order valence-electron chi connectivity index (χ2n) is 4.92. The third kappa shape index (κ3) is 3.45. The second kappa shape index (κ2) is 7.20. The Morgan fingerprint density at radius 1 is 0.900 bits per heavy atom. The van der Waals surface area contributed by atoms with Crippen LogP contribution in [-0.4, -0.2) is 35.3 Å². The number of hydrogen-bond donors (Lipinski definition) is 2. The lowest BCUT2D eigenvalue weighted by atomic mass is 9.94. The SMILES string of the molecule is CN(CCO)[C@H](c1ccccc1)[C@H](O)c1ccccc1. The fourth-order valence-electron chi connectivity index (χ4n) is 2.46. The molecule has 2 aromatic carbocycles. The van der Waals surface area contributed by atoms with Crippen LogP contribution in [0, 0.1) is 0 Å². The monoisotopic (exact) mass is 271 g/mol. The van der Waals surface area contributed by atoms with Crippen LogP contribution in [-0.2, 0) is 0 Å². The highest BCUT2D eigenvalue weighted by Gasteiger charge is 2.26. The van der Waals surface area contributed by atoms with Crippen LogP contribution in [0.3, 0.4) is 0 Å². The van der Waals surface area contributed by atoms with Gasteiger partial charge in [0.1, 0.15) is 0 Å². The van der Waals surface area contributed by atoms with E-state index in [9.17, 15) is 5.11 Å². The Morgan fingerprint density at radius 2 is 1.40 bits per heavy atom. The summed E-state index contributed by atoms with van der Waals surface area (Å²) in [6.07, 6.45) is -0.629. The van der Waals surface area contributed by atoms with Crippen molar-refractivity contribution in [3.05, 3.63) is 71.8 Å². The van der Waals surface area contributed by atoms with Crippen molar-refractivity contribution >= 4 is 0 Å². The standard InChI is InChI=1S/C17H21NO2/c1-18(12-13-19)16(14-8-4-2-5-9-14)17(20)15-10-6-3-7-11-15/h2-11,16-17,19-20H,12-13H2,1H3/t16-,17-/m1/s1. The first-order valence-corrected chi connectivity index (χ1v) is 6.83. The van der Waals surface area contributed by atoms with Crippen LogP contribution in [0.25, 0.3) is 0 Å². The van der Waals surface area contributed by atoms with Gasteiger partial charge < -0.3 is 10.2 Å². The highest BCUT2D eigenvalue weighted by molar-refractivity contribution is 5.26. The maximum Gasteiger partial charge on any atom is 0.0986 e. The minimum Gasteiger partial charge on any atom is -0.395 e. The predicted molar refractivity (Wildman–Crippen MR) is 80.3 cm³/mol. The van der Waals surface area contributed by atoms with E-state index in [-0.39, 0.29) is 12.6 Å². The molecular weight excluding hydrogens is 250 g/mol. The second-order valence-corrected chi connectivity index (χ2v) is 4.92. The average molecular weight is 271 g/mol. The average Bonchev–Trinajstić information content (AvgIpc) is 2.50. The van der Waals surface area contributed by atoms with Crippen molar-refractivity contribution in [2.75, 3.05) is 20.2 Å². The van der Waals surface area contributed by atoms with E-state index >= 15 is 0 Å². The summed E-state index contributed by atoms with van der Waals surface area (Å²) in [5.74, 6) is 0. The van der Waals surface area contributed by atoms with Gasteiger partial charge in [-0.05, 0) is 18.2 Å². The van der Waals surface area contributed by atoms with Gasteiger partial charge in [0.2, 0.25) is 0 Å². The molecule has 0 saturated heterocycles. The van der Waals surface area contributed by atoms with Crippen molar-refractivity contribution in [2.24, 2.45) is 0 Å². The Hall–Kier alpha value is -1.68. The number of aliphatic hydroxyl groups excluding tert-OH is 2. The van der Waals surface area contributed by atoms with E-state index in [1.807, 2.05) is 72.6 Å². The molecule has 0 aliphatic heterocycles. The number of likely N-dealkylation sites (N-methyl/N-ethyl adjacent to an activating group) is 1. The first-order chi connectivity index (χ1) is 9.74. The third-order valence-electron chi connectivity index (χ3n) is 3.51. The summed E-state index contributed by atoms with van der Waals surface area (Å²) in [7, 11) is 1.92. The quantitative estimate of drug-likeness (QED) is 0.848. The summed E-state index contributed by atoms with van der Waals surface area (Å²) in [4.78, 5) is 1.98. The summed E-state index contributed by atoms with van der Waals surface area (Å²) in [6.45, 7) is 0.588. The fourth-order valence-corrected chi connectivity index (χ4v) is 2.46. The molecule has 3 heteroatoms. The highest BCUT2D eigenvalue weighted by Crippen LogP contribution is 2.32. The topological polar surface area (TPSA) is 43.7 Å². The summed E-state index contributed by atoms with van der Waals surface area (Å²) < 4.78 is 0. The van der Waals surface area contributed by atoms with Crippen molar-refractivity contribution in [2.45, 2.75) is 12.1 Å². The van der Waals surface area contributed by atoms with Gasteiger partial charge in [-0.1, -0.05) is 60.7 Å². The van der Waals surface area contributed by atoms with E-state index < -0.39 is 6.10 Å². The van der Waals surface area contributed by atoms with Crippen LogP contribution in [0.2, 0.25) is 0 Å². The van der Waals surface area contributed by atoms with Crippen molar-refractivity contribution < 1.29 is 10.2 Å². The van der Waals surface area contributed by atoms with Gasteiger partial charge in [-0.3, -0.25) is 4.90 Å². The fraction of sp³-hybridized carbons (Fsp3) is 0.294. The zero-order valence-corrected chi connectivity index (χ0v) is 11.7. The van der Waals surface area contributed by atoms with Gasteiger partial charge in [0, 0.05) is 6.54 Å². The maximum absolute atomic E-state index is 10.7. The smallest absolute Gasteiger partial charge is 0.0986 e. The first-order valence-electron chi connectivity index (χ1n) is 6.83. The molecule has 106 valence electrons. The Bertz CT molecular complexity index is 501. The van der Waals surface area contributed by atoms with Crippen LogP contribution in [0.4, 0.5) is 0 Å². The molecule has 0 heterocycles. The molecule has 3 nitrogen and oxygen atoms in total. The summed E-state index contributed by atoms with van der Waals surface area (Å²) in [5.41, 5.74) is 1.92. The first kappa shape index (κ1) is 14.7. The largest absolute Gasteiger partial charge is 0.395 e. The molecule has 0 fully saturated rings. The molecule has 2 N–H and O–H groups in total. The van der Waals surface area contributed by atoms with Crippen LogP contribution in [0.1, 0.15) is 23.3 Å². The van der Waals surface area contributed by atoms with Crippen LogP contribution >= 0.6 is 0 Å². The molecule has 0 aromatic heterocycles. The number of hydrogen-bond acceptors (Lipinski definition) is 3. The van der Waals surface area contributed by atoms with E-state index in [0.29, 0.717) is 6.54 Å². The lowest BCUT2D eigenvalue weighted by molar-refractivity contribution is 0.0529. The maximum atomic E-state index is 10.7. The van der Waals surface area contributed by atoms with Gasteiger partial charge >= 0.3 is 0 Å². The molecular formula is C17H21NO2. The summed E-state index contributed by atoms with van der Waals surface area (Å²) in [5, 5.41) is 19.9. The van der Waals surface area contributed by atoms with Gasteiger partial charge in [-0.25, -0.2) is 0 Å². The molecule has 0 aliphatic rings. The van der Waals surface area contributed by atoms with Gasteiger partial charge in [-0.15, -0.1) is 0 Å². The highest BCUT2D eigenvalue weighted by atomic mass is 16.3. The van der Waals surface area contributed by atoms with Gasteiger partial charge in [-0.2, -0.15) is 0 Å². The predicted octanol–water partition coefficient (Wildman–Crippen LogP) is 2.39. The molecule has 2 aromatic rings. The summed E-state index contributed by atoms with van der Waals surface area (Å²) in [6, 6.07) is 19.4. The Morgan fingerprint density at radius 3 is 1.90 bits per heavy atom. The zero-order chi connectivity index (χ0) is 14.4. The molecule has 0 unspecified atom stereocenters. The molecule has 0 bridgehead atoms. The van der Waals surface area contributed by atoms with Crippen LogP contribution in [0.15, 0.2) is 60.7 Å². The molecule has 0 amide bonds. The molecule has 0 saturated carbocycles. The Labute approximate surface area is 120 Å². The minimum atomic E-state index is -0.629. The van der Waals surface area contributed by atoms with Gasteiger partial charge in [0.05, 0.1) is 18.8 Å². The van der Waals surface area contributed by atoms with Gasteiger partial charge in [0.25, 0.3) is 0 Å². The van der Waals surface area contributed by atoms with E-state index in [2.05, 4.69) is 0 Å². The van der Waals surface area contributed by atoms with Crippen molar-refractivity contribution in [1.29, 1.82) is 0 Å². The number of benzene rings is 2. The van der Waals surface area contributed by atoms with E-state index in [1.54, 1.807) is 0 Å². The number of nitrogens with zero attached hydrogens (tertiary/aromatic N) is 1. The number of rotatable bonds is 6. The van der Waals surface area contributed by atoms with Crippen molar-refractivity contribution in [3.8, 4) is 0 Å². The normalized spacial score (nSPS) is 14.2. The Balaban J connectivity index is 2.31. The van der Waals surface area contributed by atoms with E-state index in [1.165, 1.54) is 0 Å². The zero-order valence-electron chi connectivity index (χ0n) is 11.7. The lowest BCUT2D eigenvalue weighted by Crippen LogP contribution is -2.31. The van der Waals surface area contributed by atoms with E-state index in [0.717, 1.165) is 11.1 Å². The third-order valence-corrected chi connectivity index (χ3v) is 3.51. The van der Waals surface area contributed by atoms with Gasteiger partial charge in [0.15, 0.2) is 0 Å². The molecule has 0 radical (unpaired) electrons. The molecule has 0 spiro atoms. The lowest BCUT2D eigenvalue weighted by Gasteiger charge is -2.32. The van der Waals surface area contributed by atoms with Crippen molar-refractivity contribution in [1.82, 2.24) is 4.90 Å². The minimum absolute atomic E-state index is 0.0708. The molecule has 2 rings (SSSR count). The summed E-state index contributed by atoms with van der Waals surface area (Å²) >= 11 is 0. The Kier molecular flexibility index (Phi) is 5.30. The molecule has 2 atom stereocenters. The molecule has 0 aliphatic carbocycles. The number of aliphatic hydroxyl groups is 2. The van der Waals surface area contributed by atoms with Crippen LogP contribution in [0.5, 0.6) is 0 Å². The molecule has 20 heavy (non-hydrogen) atoms. The van der Waals surface area contributed by atoms with E-state index in [4.69, 9.17) is 5.11 Å².